The summed E-state index contributed by atoms with van der Waals surface area (Å²) in [6.07, 6.45) is 6.74. The Kier molecular flexibility index (Phi) is 7.14. The number of nitrogens with zero attached hydrogens (tertiary/aromatic N) is 1. The molecule has 3 N–H and O–H groups in total. The van der Waals surface area contributed by atoms with E-state index >= 15 is 0 Å². The SMILES string of the molecule is CCCN[C@H]1CCCCC1Nc1cc(F)c(S(=O)(=O)Nc2nccs2)cc1Cl. The van der Waals surface area contributed by atoms with Crippen LogP contribution in [0.5, 0.6) is 0 Å². The van der Waals surface area contributed by atoms with Gasteiger partial charge in [-0.25, -0.2) is 17.8 Å². The van der Waals surface area contributed by atoms with Gasteiger partial charge in [0.2, 0.25) is 0 Å². The van der Waals surface area contributed by atoms with Crippen LogP contribution in [0.3, 0.4) is 0 Å². The summed E-state index contributed by atoms with van der Waals surface area (Å²) in [6, 6.07) is 2.70. The van der Waals surface area contributed by atoms with E-state index < -0.39 is 20.7 Å². The van der Waals surface area contributed by atoms with Crippen LogP contribution in [0, 0.1) is 5.82 Å². The monoisotopic (exact) mass is 446 g/mol. The number of nitrogens with one attached hydrogen (secondary N) is 3. The maximum atomic E-state index is 14.7. The molecule has 1 aromatic heterocycles. The van der Waals surface area contributed by atoms with E-state index in [1.807, 2.05) is 0 Å². The number of hydrogen-bond acceptors (Lipinski definition) is 6. The van der Waals surface area contributed by atoms with E-state index in [1.54, 1.807) is 5.38 Å². The molecule has 6 nitrogen and oxygen atoms in total. The topological polar surface area (TPSA) is 83.1 Å². The quantitative estimate of drug-likeness (QED) is 0.557. The highest BCUT2D eigenvalue weighted by Crippen LogP contribution is 2.32. The summed E-state index contributed by atoms with van der Waals surface area (Å²) in [5, 5.41) is 8.80. The maximum absolute atomic E-state index is 14.7. The van der Waals surface area contributed by atoms with Gasteiger partial charge in [0.05, 0.1) is 10.7 Å². The van der Waals surface area contributed by atoms with Crippen molar-refractivity contribution in [1.29, 1.82) is 0 Å². The number of sulfonamides is 1. The van der Waals surface area contributed by atoms with Gasteiger partial charge in [-0.2, -0.15) is 0 Å². The normalized spacial score (nSPS) is 20.1. The summed E-state index contributed by atoms with van der Waals surface area (Å²) in [5.41, 5.74) is 0.405. The van der Waals surface area contributed by atoms with Gasteiger partial charge in [0.15, 0.2) is 5.13 Å². The summed E-state index contributed by atoms with van der Waals surface area (Å²) >= 11 is 7.42. The average Bonchev–Trinajstić information content (AvgIpc) is 3.15. The highest BCUT2D eigenvalue weighted by Gasteiger charge is 2.27. The predicted molar refractivity (Wildman–Crippen MR) is 112 cm³/mol. The van der Waals surface area contributed by atoms with Crippen molar-refractivity contribution in [3.05, 3.63) is 34.5 Å². The molecule has 1 aliphatic carbocycles. The standard InChI is InChI=1S/C18H24ClFN4O2S2/c1-2-7-21-14-5-3-4-6-15(14)23-16-11-13(20)17(10-12(16)19)28(25,26)24-18-22-8-9-27-18/h8-11,14-15,21,23H,2-7H2,1H3,(H,22,24)/t14-,15?/m0/s1. The van der Waals surface area contributed by atoms with Gasteiger partial charge >= 0.3 is 0 Å². The second-order valence-electron chi connectivity index (χ2n) is 6.80. The minimum Gasteiger partial charge on any atom is -0.379 e. The third-order valence-electron chi connectivity index (χ3n) is 4.73. The molecule has 2 atom stereocenters. The Balaban J connectivity index is 1.79. The van der Waals surface area contributed by atoms with Gasteiger partial charge in [0.1, 0.15) is 10.7 Å². The molecule has 0 radical (unpaired) electrons. The van der Waals surface area contributed by atoms with Gasteiger partial charge in [-0.05, 0) is 37.9 Å². The van der Waals surface area contributed by atoms with E-state index in [2.05, 4.69) is 27.3 Å². The van der Waals surface area contributed by atoms with Gasteiger partial charge in [-0.3, -0.25) is 4.72 Å². The molecule has 0 amide bonds. The van der Waals surface area contributed by atoms with Crippen LogP contribution < -0.4 is 15.4 Å². The summed E-state index contributed by atoms with van der Waals surface area (Å²) in [6.45, 7) is 3.04. The molecular formula is C18H24ClFN4O2S2. The van der Waals surface area contributed by atoms with Crippen molar-refractivity contribution in [2.75, 3.05) is 16.6 Å². The third kappa shape index (κ3) is 5.14. The number of hydrogen-bond donors (Lipinski definition) is 3. The Bertz CT molecular complexity index is 893. The van der Waals surface area contributed by atoms with Crippen LogP contribution in [-0.4, -0.2) is 32.0 Å². The Morgan fingerprint density at radius 3 is 2.71 bits per heavy atom. The summed E-state index contributed by atoms with van der Waals surface area (Å²) in [5.74, 6) is -0.857. The van der Waals surface area contributed by atoms with E-state index in [0.29, 0.717) is 5.69 Å². The largest absolute Gasteiger partial charge is 0.379 e. The molecule has 1 unspecified atom stereocenters. The lowest BCUT2D eigenvalue weighted by atomic mass is 9.90. The number of rotatable bonds is 8. The van der Waals surface area contributed by atoms with Crippen molar-refractivity contribution < 1.29 is 12.8 Å². The smallest absolute Gasteiger partial charge is 0.266 e. The molecule has 28 heavy (non-hydrogen) atoms. The number of halogens is 2. The lowest BCUT2D eigenvalue weighted by molar-refractivity contribution is 0.344. The number of aromatic nitrogens is 1. The van der Waals surface area contributed by atoms with Crippen LogP contribution in [0.25, 0.3) is 0 Å². The molecule has 10 heteroatoms. The van der Waals surface area contributed by atoms with Gasteiger partial charge in [-0.1, -0.05) is 31.4 Å². The second kappa shape index (κ2) is 9.39. The summed E-state index contributed by atoms with van der Waals surface area (Å²) in [7, 11) is -4.11. The average molecular weight is 447 g/mol. The zero-order valence-electron chi connectivity index (χ0n) is 15.5. The summed E-state index contributed by atoms with van der Waals surface area (Å²) < 4.78 is 41.9. The Hall–Kier alpha value is -1.42. The van der Waals surface area contributed by atoms with Crippen LogP contribution in [0.1, 0.15) is 39.0 Å². The molecule has 0 aliphatic heterocycles. The molecular weight excluding hydrogens is 423 g/mol. The minimum atomic E-state index is -4.11. The van der Waals surface area contributed by atoms with Crippen molar-refractivity contribution >= 4 is 43.8 Å². The van der Waals surface area contributed by atoms with Gasteiger partial charge < -0.3 is 10.6 Å². The van der Waals surface area contributed by atoms with E-state index in [0.717, 1.165) is 62.1 Å². The highest BCUT2D eigenvalue weighted by molar-refractivity contribution is 7.93. The third-order valence-corrected chi connectivity index (χ3v) is 7.21. The first-order valence-electron chi connectivity index (χ1n) is 9.32. The fourth-order valence-electron chi connectivity index (χ4n) is 3.37. The zero-order chi connectivity index (χ0) is 20.1. The van der Waals surface area contributed by atoms with Crippen LogP contribution in [-0.2, 0) is 10.0 Å². The van der Waals surface area contributed by atoms with E-state index in [9.17, 15) is 12.8 Å². The molecule has 0 saturated heterocycles. The van der Waals surface area contributed by atoms with Crippen molar-refractivity contribution in [1.82, 2.24) is 10.3 Å². The molecule has 3 rings (SSSR count). The van der Waals surface area contributed by atoms with E-state index in [4.69, 9.17) is 11.6 Å². The maximum Gasteiger partial charge on any atom is 0.266 e. The molecule has 1 aromatic carbocycles. The zero-order valence-corrected chi connectivity index (χ0v) is 17.9. The number of benzene rings is 1. The first-order chi connectivity index (χ1) is 13.4. The van der Waals surface area contributed by atoms with Crippen LogP contribution in [0.15, 0.2) is 28.6 Å². The lowest BCUT2D eigenvalue weighted by Gasteiger charge is -2.34. The fourth-order valence-corrected chi connectivity index (χ4v) is 5.52. The second-order valence-corrected chi connectivity index (χ2v) is 9.75. The van der Waals surface area contributed by atoms with E-state index in [-0.39, 0.29) is 22.2 Å². The van der Waals surface area contributed by atoms with Gasteiger partial charge in [0.25, 0.3) is 10.0 Å². The molecule has 0 bridgehead atoms. The van der Waals surface area contributed by atoms with Gasteiger partial charge in [-0.15, -0.1) is 11.3 Å². The molecule has 0 spiro atoms. The first-order valence-corrected chi connectivity index (χ1v) is 12.1. The molecule has 1 fully saturated rings. The molecule has 2 aromatic rings. The molecule has 1 heterocycles. The Morgan fingerprint density at radius 1 is 1.29 bits per heavy atom. The highest BCUT2D eigenvalue weighted by atomic mass is 35.5. The molecule has 1 aliphatic rings. The first kappa shape index (κ1) is 21.3. The lowest BCUT2D eigenvalue weighted by Crippen LogP contribution is -2.46. The van der Waals surface area contributed by atoms with Crippen molar-refractivity contribution in [2.24, 2.45) is 0 Å². The number of anilines is 2. The molecule has 154 valence electrons. The van der Waals surface area contributed by atoms with Crippen molar-refractivity contribution in [3.8, 4) is 0 Å². The fraction of sp³-hybridized carbons (Fsp3) is 0.500. The summed E-state index contributed by atoms with van der Waals surface area (Å²) in [4.78, 5) is 3.36. The van der Waals surface area contributed by atoms with Crippen molar-refractivity contribution in [2.45, 2.75) is 56.0 Å². The minimum absolute atomic E-state index is 0.119. The number of thiazole rings is 1. The Morgan fingerprint density at radius 2 is 2.04 bits per heavy atom. The van der Waals surface area contributed by atoms with Gasteiger partial charge in [0, 0.05) is 23.7 Å². The van der Waals surface area contributed by atoms with Crippen LogP contribution in [0.2, 0.25) is 5.02 Å². The molecule has 1 saturated carbocycles. The van der Waals surface area contributed by atoms with Crippen molar-refractivity contribution in [3.63, 3.8) is 0 Å². The van der Waals surface area contributed by atoms with Crippen LogP contribution in [0.4, 0.5) is 15.2 Å². The Labute approximate surface area is 174 Å². The predicted octanol–water partition coefficient (Wildman–Crippen LogP) is 4.46. The van der Waals surface area contributed by atoms with Crippen LogP contribution >= 0.6 is 22.9 Å². The van der Waals surface area contributed by atoms with E-state index in [1.165, 1.54) is 6.20 Å².